The third-order valence-corrected chi connectivity index (χ3v) is 5.80. The molecule has 0 spiro atoms. The zero-order valence-electron chi connectivity index (χ0n) is 15.2. The van der Waals surface area contributed by atoms with E-state index in [1.165, 1.54) is 11.3 Å². The third kappa shape index (κ3) is 3.53. The highest BCUT2D eigenvalue weighted by atomic mass is 79.9. The molecule has 1 aliphatic heterocycles. The molecule has 28 heavy (non-hydrogen) atoms. The molecule has 0 unspecified atom stereocenters. The van der Waals surface area contributed by atoms with Gasteiger partial charge in [-0.3, -0.25) is 14.9 Å². The smallest absolute Gasteiger partial charge is 0.264 e. The number of anilines is 2. The lowest BCUT2D eigenvalue weighted by atomic mass is 10.1. The Morgan fingerprint density at radius 3 is 2.89 bits per heavy atom. The van der Waals surface area contributed by atoms with Crippen molar-refractivity contribution in [1.82, 2.24) is 4.98 Å². The van der Waals surface area contributed by atoms with Crippen molar-refractivity contribution in [2.24, 2.45) is 0 Å². The van der Waals surface area contributed by atoms with Crippen molar-refractivity contribution in [3.63, 3.8) is 0 Å². The normalized spacial score (nSPS) is 13.1. The van der Waals surface area contributed by atoms with Crippen LogP contribution in [0.2, 0.25) is 0 Å². The standard InChI is InChI=1S/C20H16BrN3O3S/c1-11-18(12-6-7-16-15(9-12)24(2)17(25)10-27-16)22-20(28-11)23-19(26)13-4-3-5-14(21)8-13/h3-9H,10H2,1-2H3,(H,22,23,26). The molecule has 1 aromatic heterocycles. The predicted molar refractivity (Wildman–Crippen MR) is 113 cm³/mol. The molecular weight excluding hydrogens is 442 g/mol. The Bertz CT molecular complexity index is 1100. The summed E-state index contributed by atoms with van der Waals surface area (Å²) < 4.78 is 6.31. The molecule has 8 heteroatoms. The van der Waals surface area contributed by atoms with E-state index in [1.54, 1.807) is 24.1 Å². The number of nitrogens with zero attached hydrogens (tertiary/aromatic N) is 2. The van der Waals surface area contributed by atoms with Gasteiger partial charge in [0.05, 0.1) is 11.4 Å². The van der Waals surface area contributed by atoms with Crippen LogP contribution in [-0.2, 0) is 4.79 Å². The average molecular weight is 458 g/mol. The van der Waals surface area contributed by atoms with Gasteiger partial charge in [-0.25, -0.2) is 4.98 Å². The Morgan fingerprint density at radius 1 is 1.29 bits per heavy atom. The first-order valence-electron chi connectivity index (χ1n) is 8.50. The molecule has 0 aliphatic carbocycles. The van der Waals surface area contributed by atoms with Crippen LogP contribution in [0.4, 0.5) is 10.8 Å². The van der Waals surface area contributed by atoms with Crippen molar-refractivity contribution in [2.45, 2.75) is 6.92 Å². The minimum atomic E-state index is -0.217. The summed E-state index contributed by atoms with van der Waals surface area (Å²) in [6.07, 6.45) is 0. The second-order valence-corrected chi connectivity index (χ2v) is 8.43. The lowest BCUT2D eigenvalue weighted by molar-refractivity contribution is -0.120. The van der Waals surface area contributed by atoms with Gasteiger partial charge in [-0.1, -0.05) is 22.0 Å². The van der Waals surface area contributed by atoms with Crippen LogP contribution in [0.15, 0.2) is 46.9 Å². The number of ether oxygens (including phenoxy) is 1. The van der Waals surface area contributed by atoms with Crippen LogP contribution in [-0.4, -0.2) is 30.5 Å². The van der Waals surface area contributed by atoms with E-state index in [0.29, 0.717) is 22.1 Å². The van der Waals surface area contributed by atoms with Gasteiger partial charge in [0.1, 0.15) is 5.75 Å². The SMILES string of the molecule is Cc1sc(NC(=O)c2cccc(Br)c2)nc1-c1ccc2c(c1)N(C)C(=O)CO2. The van der Waals surface area contributed by atoms with Crippen LogP contribution >= 0.6 is 27.3 Å². The van der Waals surface area contributed by atoms with Crippen molar-refractivity contribution < 1.29 is 14.3 Å². The van der Waals surface area contributed by atoms with Gasteiger partial charge in [0.25, 0.3) is 11.8 Å². The topological polar surface area (TPSA) is 71.5 Å². The number of likely N-dealkylation sites (N-methyl/N-ethyl adjacent to an activating group) is 1. The van der Waals surface area contributed by atoms with Crippen LogP contribution in [0.3, 0.4) is 0 Å². The van der Waals surface area contributed by atoms with E-state index in [2.05, 4.69) is 26.2 Å². The minimum Gasteiger partial charge on any atom is -0.482 e. The van der Waals surface area contributed by atoms with Crippen LogP contribution in [0.1, 0.15) is 15.2 Å². The summed E-state index contributed by atoms with van der Waals surface area (Å²) in [6, 6.07) is 12.8. The van der Waals surface area contributed by atoms with Gasteiger partial charge in [0, 0.05) is 27.5 Å². The van der Waals surface area contributed by atoms with Gasteiger partial charge < -0.3 is 9.64 Å². The van der Waals surface area contributed by atoms with Crippen molar-refractivity contribution in [1.29, 1.82) is 0 Å². The zero-order valence-corrected chi connectivity index (χ0v) is 17.6. The Kier molecular flexibility index (Phi) is 4.91. The number of carbonyl (C=O) groups is 2. The van der Waals surface area contributed by atoms with E-state index in [9.17, 15) is 9.59 Å². The molecule has 0 fully saturated rings. The molecule has 0 atom stereocenters. The maximum absolute atomic E-state index is 12.5. The highest BCUT2D eigenvalue weighted by Gasteiger charge is 2.23. The molecule has 2 aromatic carbocycles. The quantitative estimate of drug-likeness (QED) is 0.628. The number of halogens is 1. The van der Waals surface area contributed by atoms with Crippen LogP contribution in [0.5, 0.6) is 5.75 Å². The molecule has 1 N–H and O–H groups in total. The Morgan fingerprint density at radius 2 is 2.11 bits per heavy atom. The van der Waals surface area contributed by atoms with Crippen LogP contribution in [0, 0.1) is 6.92 Å². The van der Waals surface area contributed by atoms with Gasteiger partial charge in [-0.05, 0) is 43.3 Å². The molecule has 2 amide bonds. The summed E-state index contributed by atoms with van der Waals surface area (Å²) in [5, 5.41) is 3.38. The first-order chi connectivity index (χ1) is 13.4. The monoisotopic (exact) mass is 457 g/mol. The van der Waals surface area contributed by atoms with Crippen molar-refractivity contribution in [2.75, 3.05) is 23.9 Å². The molecule has 4 rings (SSSR count). The first kappa shape index (κ1) is 18.6. The number of fused-ring (bicyclic) bond motifs is 1. The van der Waals surface area contributed by atoms with E-state index < -0.39 is 0 Å². The van der Waals surface area contributed by atoms with Crippen molar-refractivity contribution in [3.05, 3.63) is 57.4 Å². The fourth-order valence-electron chi connectivity index (χ4n) is 2.94. The maximum atomic E-state index is 12.5. The maximum Gasteiger partial charge on any atom is 0.264 e. The minimum absolute atomic E-state index is 0.0460. The highest BCUT2D eigenvalue weighted by molar-refractivity contribution is 9.10. The Balaban J connectivity index is 1.62. The van der Waals surface area contributed by atoms with Crippen molar-refractivity contribution >= 4 is 49.9 Å². The van der Waals surface area contributed by atoms with Gasteiger partial charge in [-0.2, -0.15) is 0 Å². The van der Waals surface area contributed by atoms with E-state index in [4.69, 9.17) is 4.74 Å². The predicted octanol–water partition coefficient (Wildman–Crippen LogP) is 4.49. The molecule has 0 bridgehead atoms. The fourth-order valence-corrected chi connectivity index (χ4v) is 4.17. The lowest BCUT2D eigenvalue weighted by Gasteiger charge is -2.26. The number of hydrogen-bond acceptors (Lipinski definition) is 5. The number of aromatic nitrogens is 1. The molecule has 0 saturated heterocycles. The molecule has 2 heterocycles. The number of carbonyl (C=O) groups excluding carboxylic acids is 2. The summed E-state index contributed by atoms with van der Waals surface area (Å²) in [5.41, 5.74) is 2.89. The highest BCUT2D eigenvalue weighted by Crippen LogP contribution is 2.37. The first-order valence-corrected chi connectivity index (χ1v) is 10.1. The molecule has 0 saturated carbocycles. The van der Waals surface area contributed by atoms with Crippen LogP contribution < -0.4 is 15.0 Å². The molecule has 142 valence electrons. The number of thiazole rings is 1. The van der Waals surface area contributed by atoms with Gasteiger partial charge in [0.15, 0.2) is 11.7 Å². The van der Waals surface area contributed by atoms with E-state index in [0.717, 1.165) is 20.6 Å². The number of benzene rings is 2. The summed E-state index contributed by atoms with van der Waals surface area (Å²) in [6.45, 7) is 2.00. The largest absolute Gasteiger partial charge is 0.482 e. The number of nitrogens with one attached hydrogen (secondary N) is 1. The number of rotatable bonds is 3. The summed E-state index contributed by atoms with van der Waals surface area (Å²) in [4.78, 5) is 31.5. The fraction of sp³-hybridized carbons (Fsp3) is 0.150. The second kappa shape index (κ2) is 7.37. The van der Waals surface area contributed by atoms with E-state index >= 15 is 0 Å². The molecular formula is C20H16BrN3O3S. The van der Waals surface area contributed by atoms with E-state index in [-0.39, 0.29) is 18.4 Å². The lowest BCUT2D eigenvalue weighted by Crippen LogP contribution is -2.35. The molecule has 3 aromatic rings. The molecule has 1 aliphatic rings. The number of aryl methyl sites for hydroxylation is 1. The van der Waals surface area contributed by atoms with Crippen LogP contribution in [0.25, 0.3) is 11.3 Å². The van der Waals surface area contributed by atoms with E-state index in [1.807, 2.05) is 37.3 Å². The number of hydrogen-bond donors (Lipinski definition) is 1. The summed E-state index contributed by atoms with van der Waals surface area (Å²) in [7, 11) is 1.73. The zero-order chi connectivity index (χ0) is 19.8. The summed E-state index contributed by atoms with van der Waals surface area (Å²) in [5.74, 6) is 0.356. The Labute approximate surface area is 174 Å². The number of amides is 2. The van der Waals surface area contributed by atoms with Gasteiger partial charge in [0.2, 0.25) is 0 Å². The van der Waals surface area contributed by atoms with Gasteiger partial charge >= 0.3 is 0 Å². The summed E-state index contributed by atoms with van der Waals surface area (Å²) >= 11 is 4.78. The average Bonchev–Trinajstić information content (AvgIpc) is 3.04. The van der Waals surface area contributed by atoms with Crippen molar-refractivity contribution in [3.8, 4) is 17.0 Å². The molecule has 6 nitrogen and oxygen atoms in total. The third-order valence-electron chi connectivity index (χ3n) is 4.42. The Hall–Kier alpha value is -2.71. The second-order valence-electron chi connectivity index (χ2n) is 6.31. The van der Waals surface area contributed by atoms with Gasteiger partial charge in [-0.15, -0.1) is 11.3 Å². The molecule has 0 radical (unpaired) electrons.